The van der Waals surface area contributed by atoms with Crippen LogP contribution in [0.4, 0.5) is 0 Å². The Morgan fingerprint density at radius 2 is 1.65 bits per heavy atom. The smallest absolute Gasteiger partial charge is 0.132 e. The SMILES string of the molecule is CC(C)[C@@H](C)Oc1c(C(C)(C)C)ccc(-c2ccccc2)c1/C=N/CC1CCCCC1. The molecule has 2 aromatic carbocycles. The van der Waals surface area contributed by atoms with Crippen molar-refractivity contribution < 1.29 is 4.74 Å². The van der Waals surface area contributed by atoms with Crippen molar-refractivity contribution in [1.82, 2.24) is 0 Å². The minimum Gasteiger partial charge on any atom is -0.489 e. The second-order valence-electron chi connectivity index (χ2n) is 10.6. The van der Waals surface area contributed by atoms with Crippen molar-refractivity contribution in [2.24, 2.45) is 16.8 Å². The molecule has 1 atom stereocenters. The second kappa shape index (κ2) is 10.5. The molecular formula is C29H41NO. The molecule has 1 saturated carbocycles. The zero-order chi connectivity index (χ0) is 22.4. The number of aliphatic imine (C=N–C) groups is 1. The number of hydrogen-bond acceptors (Lipinski definition) is 2. The molecule has 0 saturated heterocycles. The molecule has 0 amide bonds. The lowest BCUT2D eigenvalue weighted by Gasteiger charge is -2.29. The van der Waals surface area contributed by atoms with Crippen molar-refractivity contribution in [3.05, 3.63) is 53.6 Å². The standard InChI is InChI=1S/C29H41NO/c1-21(2)22(3)31-28-26(20-30-19-23-13-9-7-10-14-23)25(24-15-11-8-12-16-24)17-18-27(28)29(4,5)6/h8,11-12,15-18,20-23H,7,9-10,13-14,19H2,1-6H3/b30-20+/t22-/m1/s1. The van der Waals surface area contributed by atoms with Crippen LogP contribution in [0.25, 0.3) is 11.1 Å². The highest BCUT2D eigenvalue weighted by Crippen LogP contribution is 2.39. The van der Waals surface area contributed by atoms with E-state index in [1.54, 1.807) is 0 Å². The summed E-state index contributed by atoms with van der Waals surface area (Å²) < 4.78 is 6.68. The van der Waals surface area contributed by atoms with Gasteiger partial charge in [0.05, 0.1) is 6.10 Å². The molecule has 2 aromatic rings. The summed E-state index contributed by atoms with van der Waals surface area (Å²) in [5.74, 6) is 2.18. The summed E-state index contributed by atoms with van der Waals surface area (Å²) >= 11 is 0. The van der Waals surface area contributed by atoms with Gasteiger partial charge in [0.2, 0.25) is 0 Å². The molecule has 0 unspecified atom stereocenters. The zero-order valence-electron chi connectivity index (χ0n) is 20.4. The molecule has 0 bridgehead atoms. The Morgan fingerprint density at radius 1 is 0.968 bits per heavy atom. The summed E-state index contributed by atoms with van der Waals surface area (Å²) in [5, 5.41) is 0. The van der Waals surface area contributed by atoms with Gasteiger partial charge in [0, 0.05) is 23.9 Å². The summed E-state index contributed by atoms with van der Waals surface area (Å²) in [5.41, 5.74) is 4.78. The van der Waals surface area contributed by atoms with E-state index in [1.165, 1.54) is 48.8 Å². The Hall–Kier alpha value is -2.09. The Kier molecular flexibility index (Phi) is 7.97. The number of nitrogens with zero attached hydrogens (tertiary/aromatic N) is 1. The molecule has 168 valence electrons. The van der Waals surface area contributed by atoms with E-state index >= 15 is 0 Å². The first kappa shape index (κ1) is 23.6. The summed E-state index contributed by atoms with van der Waals surface area (Å²) in [4.78, 5) is 4.98. The quantitative estimate of drug-likeness (QED) is 0.416. The van der Waals surface area contributed by atoms with Crippen LogP contribution in [0, 0.1) is 11.8 Å². The van der Waals surface area contributed by atoms with Gasteiger partial charge in [-0.2, -0.15) is 0 Å². The van der Waals surface area contributed by atoms with Gasteiger partial charge in [0.15, 0.2) is 0 Å². The summed E-state index contributed by atoms with van der Waals surface area (Å²) in [6.07, 6.45) is 8.98. The Labute approximate surface area is 190 Å². The molecule has 3 rings (SSSR count). The van der Waals surface area contributed by atoms with Crippen LogP contribution in [0.5, 0.6) is 5.75 Å². The Balaban J connectivity index is 2.08. The maximum Gasteiger partial charge on any atom is 0.132 e. The van der Waals surface area contributed by atoms with Crippen molar-refractivity contribution in [3.8, 4) is 16.9 Å². The highest BCUT2D eigenvalue weighted by molar-refractivity contribution is 5.94. The third kappa shape index (κ3) is 6.21. The van der Waals surface area contributed by atoms with Crippen molar-refractivity contribution in [2.45, 2.75) is 85.2 Å². The second-order valence-corrected chi connectivity index (χ2v) is 10.6. The van der Waals surface area contributed by atoms with Gasteiger partial charge in [-0.15, -0.1) is 0 Å². The van der Waals surface area contributed by atoms with Crippen LogP contribution in [0.1, 0.15) is 84.8 Å². The first-order valence-electron chi connectivity index (χ1n) is 12.2. The van der Waals surface area contributed by atoms with Gasteiger partial charge in [-0.05, 0) is 48.1 Å². The van der Waals surface area contributed by atoms with E-state index in [-0.39, 0.29) is 11.5 Å². The molecule has 0 aliphatic heterocycles. The van der Waals surface area contributed by atoms with Gasteiger partial charge in [0.25, 0.3) is 0 Å². The lowest BCUT2D eigenvalue weighted by molar-refractivity contribution is 0.167. The van der Waals surface area contributed by atoms with Crippen molar-refractivity contribution >= 4 is 6.21 Å². The van der Waals surface area contributed by atoms with Gasteiger partial charge in [-0.3, -0.25) is 4.99 Å². The predicted molar refractivity (Wildman–Crippen MR) is 135 cm³/mol. The topological polar surface area (TPSA) is 21.6 Å². The number of benzene rings is 2. The monoisotopic (exact) mass is 419 g/mol. The van der Waals surface area contributed by atoms with E-state index in [4.69, 9.17) is 9.73 Å². The molecule has 2 heteroatoms. The predicted octanol–water partition coefficient (Wildman–Crippen LogP) is 8.07. The molecular weight excluding hydrogens is 378 g/mol. The fraction of sp³-hybridized carbons (Fsp3) is 0.552. The fourth-order valence-corrected chi connectivity index (χ4v) is 4.30. The third-order valence-corrected chi connectivity index (χ3v) is 6.64. The van der Waals surface area contributed by atoms with E-state index in [1.807, 2.05) is 0 Å². The first-order chi connectivity index (χ1) is 14.8. The van der Waals surface area contributed by atoms with Gasteiger partial charge in [-0.1, -0.05) is 96.3 Å². The highest BCUT2D eigenvalue weighted by atomic mass is 16.5. The summed E-state index contributed by atoms with van der Waals surface area (Å²) in [6.45, 7) is 14.3. The highest BCUT2D eigenvalue weighted by Gasteiger charge is 2.25. The minimum atomic E-state index is -0.00674. The van der Waals surface area contributed by atoms with Gasteiger partial charge in [-0.25, -0.2) is 0 Å². The molecule has 0 N–H and O–H groups in total. The van der Waals surface area contributed by atoms with Crippen LogP contribution < -0.4 is 4.74 Å². The molecule has 0 radical (unpaired) electrons. The van der Waals surface area contributed by atoms with Crippen LogP contribution in [0.3, 0.4) is 0 Å². The number of rotatable bonds is 7. The summed E-state index contributed by atoms with van der Waals surface area (Å²) in [6, 6.07) is 15.1. The number of ether oxygens (including phenoxy) is 1. The lowest BCUT2D eigenvalue weighted by Crippen LogP contribution is -2.23. The van der Waals surface area contributed by atoms with Crippen LogP contribution >= 0.6 is 0 Å². The molecule has 1 aliphatic rings. The van der Waals surface area contributed by atoms with Gasteiger partial charge in [0.1, 0.15) is 5.75 Å². The van der Waals surface area contributed by atoms with Crippen LogP contribution in [0.2, 0.25) is 0 Å². The van der Waals surface area contributed by atoms with Gasteiger partial charge < -0.3 is 4.74 Å². The maximum atomic E-state index is 6.68. The van der Waals surface area contributed by atoms with Gasteiger partial charge >= 0.3 is 0 Å². The Bertz CT molecular complexity index is 854. The average Bonchev–Trinajstić information content (AvgIpc) is 2.75. The van der Waals surface area contributed by atoms with Crippen molar-refractivity contribution in [1.29, 1.82) is 0 Å². The zero-order valence-corrected chi connectivity index (χ0v) is 20.4. The lowest BCUT2D eigenvalue weighted by atomic mass is 9.83. The molecule has 1 aliphatic carbocycles. The van der Waals surface area contributed by atoms with E-state index < -0.39 is 0 Å². The van der Waals surface area contributed by atoms with E-state index in [0.717, 1.165) is 23.8 Å². The normalized spacial score (nSPS) is 16.7. The van der Waals surface area contributed by atoms with E-state index in [9.17, 15) is 0 Å². The first-order valence-corrected chi connectivity index (χ1v) is 12.2. The Morgan fingerprint density at radius 3 is 2.26 bits per heavy atom. The minimum absolute atomic E-state index is 0.00674. The van der Waals surface area contributed by atoms with Crippen LogP contribution in [-0.2, 0) is 5.41 Å². The maximum absolute atomic E-state index is 6.68. The third-order valence-electron chi connectivity index (χ3n) is 6.64. The molecule has 31 heavy (non-hydrogen) atoms. The van der Waals surface area contributed by atoms with E-state index in [2.05, 4.69) is 90.2 Å². The largest absolute Gasteiger partial charge is 0.489 e. The molecule has 0 spiro atoms. The molecule has 0 heterocycles. The van der Waals surface area contributed by atoms with Crippen LogP contribution in [-0.4, -0.2) is 18.9 Å². The van der Waals surface area contributed by atoms with Crippen LogP contribution in [0.15, 0.2) is 47.5 Å². The molecule has 1 fully saturated rings. The van der Waals surface area contributed by atoms with Crippen molar-refractivity contribution in [3.63, 3.8) is 0 Å². The fourth-order valence-electron chi connectivity index (χ4n) is 4.30. The molecule has 2 nitrogen and oxygen atoms in total. The number of hydrogen-bond donors (Lipinski definition) is 0. The molecule has 0 aromatic heterocycles. The van der Waals surface area contributed by atoms with E-state index in [0.29, 0.717) is 5.92 Å². The van der Waals surface area contributed by atoms with Crippen molar-refractivity contribution in [2.75, 3.05) is 6.54 Å². The summed E-state index contributed by atoms with van der Waals surface area (Å²) in [7, 11) is 0. The average molecular weight is 420 g/mol.